The van der Waals surface area contributed by atoms with Crippen molar-refractivity contribution in [1.82, 2.24) is 4.90 Å². The average Bonchev–Trinajstić information content (AvgIpc) is 3.04. The first kappa shape index (κ1) is 18.4. The summed E-state index contributed by atoms with van der Waals surface area (Å²) in [5.74, 6) is 1.48. The van der Waals surface area contributed by atoms with E-state index in [0.717, 1.165) is 22.6 Å². The third-order valence-corrected chi connectivity index (χ3v) is 4.84. The Hall–Kier alpha value is -2.40. The second kappa shape index (κ2) is 7.87. The van der Waals surface area contributed by atoms with Crippen molar-refractivity contribution in [3.8, 4) is 11.5 Å². The van der Waals surface area contributed by atoms with Crippen molar-refractivity contribution in [3.05, 3.63) is 58.6 Å². The smallest absolute Gasteiger partial charge is 0.410 e. The molecule has 0 spiro atoms. The summed E-state index contributed by atoms with van der Waals surface area (Å²) in [4.78, 5) is 14.1. The van der Waals surface area contributed by atoms with E-state index in [1.807, 2.05) is 43.3 Å². The topological polar surface area (TPSA) is 48.0 Å². The van der Waals surface area contributed by atoms with Gasteiger partial charge in [0.15, 0.2) is 0 Å². The van der Waals surface area contributed by atoms with E-state index in [1.165, 1.54) is 0 Å². The van der Waals surface area contributed by atoms with Crippen molar-refractivity contribution in [1.29, 1.82) is 0 Å². The van der Waals surface area contributed by atoms with Crippen molar-refractivity contribution in [2.24, 2.45) is 0 Å². The van der Waals surface area contributed by atoms with Gasteiger partial charge in [0.05, 0.1) is 20.8 Å². The minimum atomic E-state index is -0.310. The summed E-state index contributed by atoms with van der Waals surface area (Å²) >= 11 is 6.05. The molecule has 0 unspecified atom stereocenters. The highest BCUT2D eigenvalue weighted by Crippen LogP contribution is 2.31. The molecule has 5 nitrogen and oxygen atoms in total. The molecule has 0 radical (unpaired) electrons. The largest absolute Gasteiger partial charge is 0.497 e. The molecule has 1 amide bonds. The average molecular weight is 376 g/mol. The second-order valence-corrected chi connectivity index (χ2v) is 6.75. The Balaban J connectivity index is 1.72. The van der Waals surface area contributed by atoms with Gasteiger partial charge in [-0.15, -0.1) is 0 Å². The van der Waals surface area contributed by atoms with Crippen LogP contribution in [0.5, 0.6) is 11.5 Å². The first-order valence-corrected chi connectivity index (χ1v) is 8.83. The predicted molar refractivity (Wildman–Crippen MR) is 100 cm³/mol. The molecule has 1 fully saturated rings. The van der Waals surface area contributed by atoms with Crippen LogP contribution in [0.1, 0.15) is 24.2 Å². The third-order valence-electron chi connectivity index (χ3n) is 4.60. The molecule has 0 aliphatic carbocycles. The molecular formula is C20H22ClNO4. The number of halogens is 1. The zero-order valence-corrected chi connectivity index (χ0v) is 15.8. The molecule has 2 aromatic carbocycles. The van der Waals surface area contributed by atoms with Crippen LogP contribution < -0.4 is 9.47 Å². The number of cyclic esters (lactones) is 1. The van der Waals surface area contributed by atoms with Crippen molar-refractivity contribution >= 4 is 17.7 Å². The summed E-state index contributed by atoms with van der Waals surface area (Å²) in [6.07, 6.45) is 0.0428. The molecular weight excluding hydrogens is 354 g/mol. The Morgan fingerprint density at radius 2 is 2.04 bits per heavy atom. The van der Waals surface area contributed by atoms with Gasteiger partial charge in [0.25, 0.3) is 0 Å². The SMILES string of the molecule is COc1ccc(C[C@@H](C)N2C[C@@H](c3cccc(Cl)c3)OC2=O)c(OC)c1. The molecule has 0 saturated carbocycles. The number of rotatable bonds is 6. The number of nitrogens with zero attached hydrogens (tertiary/aromatic N) is 1. The fourth-order valence-electron chi connectivity index (χ4n) is 3.17. The Kier molecular flexibility index (Phi) is 5.57. The lowest BCUT2D eigenvalue weighted by Gasteiger charge is -2.23. The minimum absolute atomic E-state index is 0.0334. The maximum absolute atomic E-state index is 12.3. The van der Waals surface area contributed by atoms with Crippen LogP contribution in [0.2, 0.25) is 5.02 Å². The Labute approximate surface area is 158 Å². The van der Waals surface area contributed by atoms with Gasteiger partial charge in [0.1, 0.15) is 17.6 Å². The van der Waals surface area contributed by atoms with Gasteiger partial charge in [-0.1, -0.05) is 29.8 Å². The van der Waals surface area contributed by atoms with Crippen molar-refractivity contribution in [2.45, 2.75) is 25.5 Å². The highest BCUT2D eigenvalue weighted by atomic mass is 35.5. The first-order valence-electron chi connectivity index (χ1n) is 8.45. The van der Waals surface area contributed by atoms with E-state index in [9.17, 15) is 4.79 Å². The Morgan fingerprint density at radius 1 is 1.23 bits per heavy atom. The summed E-state index contributed by atoms with van der Waals surface area (Å²) in [6.45, 7) is 2.50. The third kappa shape index (κ3) is 3.88. The Bertz CT molecular complexity index is 795. The van der Waals surface area contributed by atoms with E-state index in [4.69, 9.17) is 25.8 Å². The van der Waals surface area contributed by atoms with Gasteiger partial charge < -0.3 is 19.1 Å². The minimum Gasteiger partial charge on any atom is -0.497 e. The number of amides is 1. The number of carbonyl (C=O) groups excluding carboxylic acids is 1. The lowest BCUT2D eigenvalue weighted by molar-refractivity contribution is 0.129. The van der Waals surface area contributed by atoms with Crippen LogP contribution in [-0.2, 0) is 11.2 Å². The highest BCUT2D eigenvalue weighted by Gasteiger charge is 2.35. The fraction of sp³-hybridized carbons (Fsp3) is 0.350. The van der Waals surface area contributed by atoms with Gasteiger partial charge in [-0.25, -0.2) is 4.79 Å². The van der Waals surface area contributed by atoms with Gasteiger partial charge in [-0.3, -0.25) is 0 Å². The summed E-state index contributed by atoms with van der Waals surface area (Å²) in [5.41, 5.74) is 1.92. The van der Waals surface area contributed by atoms with Crippen molar-refractivity contribution in [3.63, 3.8) is 0 Å². The van der Waals surface area contributed by atoms with Crippen molar-refractivity contribution < 1.29 is 19.0 Å². The summed E-state index contributed by atoms with van der Waals surface area (Å²) in [5, 5.41) is 0.632. The Morgan fingerprint density at radius 3 is 2.73 bits per heavy atom. The van der Waals surface area contributed by atoms with Crippen LogP contribution in [0.4, 0.5) is 4.79 Å². The highest BCUT2D eigenvalue weighted by molar-refractivity contribution is 6.30. The quantitative estimate of drug-likeness (QED) is 0.746. The van der Waals surface area contributed by atoms with Crippen LogP contribution >= 0.6 is 11.6 Å². The zero-order chi connectivity index (χ0) is 18.7. The van der Waals surface area contributed by atoms with E-state index in [0.29, 0.717) is 18.0 Å². The fourth-order valence-corrected chi connectivity index (χ4v) is 3.37. The molecule has 2 aromatic rings. The van der Waals surface area contributed by atoms with E-state index in [1.54, 1.807) is 25.2 Å². The zero-order valence-electron chi connectivity index (χ0n) is 15.1. The molecule has 1 heterocycles. The molecule has 1 saturated heterocycles. The van der Waals surface area contributed by atoms with E-state index >= 15 is 0 Å². The summed E-state index contributed by atoms with van der Waals surface area (Å²) in [6, 6.07) is 13.1. The van der Waals surface area contributed by atoms with Gasteiger partial charge in [0.2, 0.25) is 0 Å². The number of benzene rings is 2. The molecule has 0 N–H and O–H groups in total. The molecule has 0 bridgehead atoms. The normalized spacial score (nSPS) is 17.8. The first-order chi connectivity index (χ1) is 12.5. The predicted octanol–water partition coefficient (Wildman–Crippen LogP) is 4.48. The van der Waals surface area contributed by atoms with Crippen LogP contribution in [0.25, 0.3) is 0 Å². The van der Waals surface area contributed by atoms with Crippen LogP contribution in [0, 0.1) is 0 Å². The number of carbonyl (C=O) groups is 1. The lowest BCUT2D eigenvalue weighted by Crippen LogP contribution is -2.35. The van der Waals surface area contributed by atoms with Gasteiger partial charge in [-0.05, 0) is 42.7 Å². The molecule has 2 atom stereocenters. The molecule has 6 heteroatoms. The van der Waals surface area contributed by atoms with Gasteiger partial charge in [-0.2, -0.15) is 0 Å². The number of ether oxygens (including phenoxy) is 3. The maximum Gasteiger partial charge on any atom is 0.410 e. The standard InChI is InChI=1S/C20H22ClNO4/c1-13(9-15-7-8-17(24-2)11-18(15)25-3)22-12-19(26-20(22)23)14-5-4-6-16(21)10-14/h4-8,10-11,13,19H,9,12H2,1-3H3/t13-,19+/m1/s1. The monoisotopic (exact) mass is 375 g/mol. The summed E-state index contributed by atoms with van der Waals surface area (Å²) < 4.78 is 16.2. The second-order valence-electron chi connectivity index (χ2n) is 6.31. The molecule has 1 aliphatic heterocycles. The number of hydrogen-bond acceptors (Lipinski definition) is 4. The molecule has 1 aliphatic rings. The number of methoxy groups -OCH3 is 2. The molecule has 26 heavy (non-hydrogen) atoms. The van der Waals surface area contributed by atoms with Gasteiger partial charge in [0, 0.05) is 17.1 Å². The van der Waals surface area contributed by atoms with Crippen LogP contribution in [-0.4, -0.2) is 37.8 Å². The maximum atomic E-state index is 12.3. The molecule has 0 aromatic heterocycles. The lowest BCUT2D eigenvalue weighted by atomic mass is 10.0. The van der Waals surface area contributed by atoms with Crippen LogP contribution in [0.3, 0.4) is 0 Å². The van der Waals surface area contributed by atoms with E-state index < -0.39 is 0 Å². The number of hydrogen-bond donors (Lipinski definition) is 0. The summed E-state index contributed by atoms with van der Waals surface area (Å²) in [7, 11) is 3.25. The van der Waals surface area contributed by atoms with Crippen LogP contribution in [0.15, 0.2) is 42.5 Å². The van der Waals surface area contributed by atoms with E-state index in [2.05, 4.69) is 0 Å². The van der Waals surface area contributed by atoms with Crippen molar-refractivity contribution in [2.75, 3.05) is 20.8 Å². The van der Waals surface area contributed by atoms with E-state index in [-0.39, 0.29) is 18.2 Å². The van der Waals surface area contributed by atoms with Gasteiger partial charge >= 0.3 is 6.09 Å². The molecule has 138 valence electrons. The molecule has 3 rings (SSSR count).